The van der Waals surface area contributed by atoms with Crippen molar-refractivity contribution < 1.29 is 188 Å². The molecule has 0 aliphatic carbocycles. The Kier molecular flexibility index (Phi) is 546. The molecule has 0 aliphatic heterocycles. The molecule has 20 heteroatoms. The Bertz CT molecular complexity index is 221. The maximum Gasteiger partial charge on any atom is 0.0428 e. The molecule has 5 radical (unpaired) electrons. The van der Waals surface area contributed by atoms with Crippen molar-refractivity contribution in [1.82, 2.24) is 0 Å². The Morgan fingerprint density at radius 1 is 0.123 bits per heavy atom. The van der Waals surface area contributed by atoms with Crippen molar-refractivity contribution in [1.29, 1.82) is 0 Å². The molecule has 0 bridgehead atoms. The Morgan fingerprint density at radius 2 is 0.138 bits per heavy atom. The van der Waals surface area contributed by atoms with E-state index >= 15 is 0 Å². The molecule has 0 rings (SSSR count). The second kappa shape index (κ2) is 268. The van der Waals surface area contributed by atoms with E-state index in [2.05, 4.69) is 0 Å². The van der Waals surface area contributed by atoms with Gasteiger partial charge in [-0.2, -0.15) is 0 Å². The van der Waals surface area contributed by atoms with Gasteiger partial charge in [0.15, 0.2) is 0 Å². The smallest absolute Gasteiger partial charge is 0.0428 e. The molecule has 0 aliphatic rings. The predicted molar refractivity (Wildman–Crippen MR) is 261 cm³/mol. The molecule has 15 N–H and O–H groups in total. The molecule has 0 saturated heterocycles. The fourth-order valence-corrected chi connectivity index (χ4v) is 0. The number of aliphatic hydroxyl groups excluding tert-OH is 15. The summed E-state index contributed by atoms with van der Waals surface area (Å²) in [6.07, 6.45) is 13.1. The maximum atomic E-state index is 7.88. The summed E-state index contributed by atoms with van der Waals surface area (Å²) in [6, 6.07) is 0. The third-order valence-corrected chi connectivity index (χ3v) is 3.35. The van der Waals surface area contributed by atoms with Crippen LogP contribution in [0, 0.1) is 0 Å². The standard InChI is InChI=1S/15C3H8O.5Nb/c15*1-2-3-4;;;;;/h15*4H,2-3H2,1H3;;;;;. The van der Waals surface area contributed by atoms with Crippen LogP contribution in [0.25, 0.3) is 0 Å². The average Bonchev–Trinajstić information content (AvgIpc) is 3.34. The van der Waals surface area contributed by atoms with Crippen molar-refractivity contribution in [2.24, 2.45) is 0 Å². The minimum absolute atomic E-state index is 0. The Morgan fingerprint density at radius 3 is 0.138 bits per heavy atom. The van der Waals surface area contributed by atoms with Gasteiger partial charge in [-0.25, -0.2) is 0 Å². The van der Waals surface area contributed by atoms with E-state index in [0.717, 1.165) is 96.3 Å². The van der Waals surface area contributed by atoms with Crippen LogP contribution in [0.1, 0.15) is 200 Å². The van der Waals surface area contributed by atoms with Gasteiger partial charge in [0.1, 0.15) is 0 Å². The molecule has 0 heterocycles. The van der Waals surface area contributed by atoms with E-state index in [4.69, 9.17) is 76.6 Å². The summed E-state index contributed by atoms with van der Waals surface area (Å²) in [4.78, 5) is 0. The topological polar surface area (TPSA) is 303 Å². The Balaban J connectivity index is -0.0000000184. The molecule has 0 fully saturated rings. The molecule has 0 amide bonds. The van der Waals surface area contributed by atoms with Crippen molar-refractivity contribution in [2.75, 3.05) is 99.1 Å². The quantitative estimate of drug-likeness (QED) is 0.0860. The number of hydrogen-bond donors (Lipinski definition) is 15. The zero-order valence-electron chi connectivity index (χ0n) is 45.2. The van der Waals surface area contributed by atoms with Crippen LogP contribution in [-0.2, 0) is 112 Å². The van der Waals surface area contributed by atoms with Crippen molar-refractivity contribution in [3.05, 3.63) is 0 Å². The number of aliphatic hydroxyl groups is 15. The van der Waals surface area contributed by atoms with Gasteiger partial charge in [0.25, 0.3) is 0 Å². The van der Waals surface area contributed by atoms with Crippen LogP contribution in [0.3, 0.4) is 0 Å². The summed E-state index contributed by atoms with van der Waals surface area (Å²) in [5.74, 6) is 0. The molecule has 0 aromatic heterocycles. The van der Waals surface area contributed by atoms with Gasteiger partial charge in [-0.05, 0) is 96.3 Å². The SMILES string of the molecule is CCCO.CCCO.CCCO.CCCO.CCCO.CCCO.CCCO.CCCO.CCCO.CCCO.CCCO.CCCO.CCCO.CCCO.CCCO.[Nb].[Nb].[Nb].[Nb].[Nb]. The van der Waals surface area contributed by atoms with Gasteiger partial charge in [-0.3, -0.25) is 0 Å². The zero-order valence-corrected chi connectivity index (χ0v) is 56.2. The molecule has 0 atom stereocenters. The molecule has 0 aromatic carbocycles. The predicted octanol–water partition coefficient (Wildman–Crippen LogP) is 5.82. The first-order chi connectivity index (χ1) is 28.7. The van der Waals surface area contributed by atoms with Crippen LogP contribution in [0.15, 0.2) is 0 Å². The van der Waals surface area contributed by atoms with Crippen molar-refractivity contribution in [3.8, 4) is 0 Å². The Labute approximate surface area is 483 Å². The molecule has 15 nitrogen and oxygen atoms in total. The molecule has 0 aromatic rings. The molecule has 65 heavy (non-hydrogen) atoms. The van der Waals surface area contributed by atoms with Gasteiger partial charge in [0, 0.05) is 211 Å². The van der Waals surface area contributed by atoms with Crippen molar-refractivity contribution in [2.45, 2.75) is 200 Å². The van der Waals surface area contributed by atoms with Gasteiger partial charge in [-0.15, -0.1) is 0 Å². The van der Waals surface area contributed by atoms with E-state index in [1.54, 1.807) is 0 Å². The molecular formula is C45H120Nb5O15. The largest absolute Gasteiger partial charge is 0.396 e. The second-order valence-electron chi connectivity index (χ2n) is 10.9. The van der Waals surface area contributed by atoms with Crippen LogP contribution in [0.5, 0.6) is 0 Å². The summed E-state index contributed by atoms with van der Waals surface area (Å²) >= 11 is 0. The summed E-state index contributed by atoms with van der Waals surface area (Å²) in [5, 5.41) is 118. The third kappa shape index (κ3) is 868. The van der Waals surface area contributed by atoms with Gasteiger partial charge in [0.05, 0.1) is 0 Å². The first-order valence-electron chi connectivity index (χ1n) is 22.9. The Hall–Kier alpha value is 3.10. The van der Waals surface area contributed by atoms with Crippen LogP contribution in [-0.4, -0.2) is 176 Å². The van der Waals surface area contributed by atoms with E-state index in [9.17, 15) is 0 Å². The van der Waals surface area contributed by atoms with Gasteiger partial charge >= 0.3 is 0 Å². The van der Waals surface area contributed by atoms with Crippen molar-refractivity contribution in [3.63, 3.8) is 0 Å². The molecule has 0 saturated carbocycles. The molecule has 0 spiro atoms. The van der Waals surface area contributed by atoms with E-state index in [1.165, 1.54) is 0 Å². The van der Waals surface area contributed by atoms with Crippen LogP contribution in [0.4, 0.5) is 0 Å². The zero-order chi connectivity index (χ0) is 51.2. The van der Waals surface area contributed by atoms with Gasteiger partial charge in [0.2, 0.25) is 0 Å². The van der Waals surface area contributed by atoms with E-state index in [1.807, 2.05) is 104 Å². The van der Waals surface area contributed by atoms with Crippen LogP contribution < -0.4 is 0 Å². The fraction of sp³-hybridized carbons (Fsp3) is 1.00. The van der Waals surface area contributed by atoms with E-state index < -0.39 is 0 Å². The molecular weight excluding hydrogens is 1250 g/mol. The summed E-state index contributed by atoms with van der Waals surface area (Å²) in [6.45, 7) is 33.8. The number of hydrogen-bond acceptors (Lipinski definition) is 15. The van der Waals surface area contributed by atoms with Crippen LogP contribution >= 0.6 is 0 Å². The second-order valence-corrected chi connectivity index (χ2v) is 10.9. The first kappa shape index (κ1) is 133. The van der Waals surface area contributed by atoms with Gasteiger partial charge in [-0.1, -0.05) is 104 Å². The average molecular weight is 1370 g/mol. The first-order valence-corrected chi connectivity index (χ1v) is 22.9. The van der Waals surface area contributed by atoms with Gasteiger partial charge < -0.3 is 76.6 Å². The van der Waals surface area contributed by atoms with Crippen molar-refractivity contribution >= 4 is 0 Å². The maximum absolute atomic E-state index is 7.88. The molecule has 415 valence electrons. The molecule has 0 unspecified atom stereocenters. The van der Waals surface area contributed by atoms with E-state index in [0.29, 0.717) is 99.1 Å². The minimum Gasteiger partial charge on any atom is -0.396 e. The minimum atomic E-state index is 0. The monoisotopic (exact) mass is 1370 g/mol. The summed E-state index contributed by atoms with van der Waals surface area (Å²) in [5.41, 5.74) is 0. The summed E-state index contributed by atoms with van der Waals surface area (Å²) in [7, 11) is 0. The summed E-state index contributed by atoms with van der Waals surface area (Å²) < 4.78 is 0. The normalized spacial score (nSPS) is 6.92. The third-order valence-electron chi connectivity index (χ3n) is 3.35. The van der Waals surface area contributed by atoms with E-state index in [-0.39, 0.29) is 112 Å². The van der Waals surface area contributed by atoms with Crippen LogP contribution in [0.2, 0.25) is 0 Å². The number of rotatable bonds is 15. The fourth-order valence-electron chi connectivity index (χ4n) is 0.